The summed E-state index contributed by atoms with van der Waals surface area (Å²) in [5.41, 5.74) is 1.16. The van der Waals surface area contributed by atoms with Gasteiger partial charge in [0, 0.05) is 6.54 Å². The number of nitrogens with zero attached hydrogens (tertiary/aromatic N) is 1. The molecule has 2 fully saturated rings. The fourth-order valence-electron chi connectivity index (χ4n) is 4.43. The first kappa shape index (κ1) is 24.6. The first-order valence-corrected chi connectivity index (χ1v) is 11.0. The summed E-state index contributed by atoms with van der Waals surface area (Å²) in [6.45, 7) is 4.37. The van der Waals surface area contributed by atoms with Crippen LogP contribution in [0, 0.1) is 0 Å². The van der Waals surface area contributed by atoms with Gasteiger partial charge >= 0.3 is 5.97 Å². The Labute approximate surface area is 185 Å². The van der Waals surface area contributed by atoms with E-state index in [4.69, 9.17) is 9.84 Å². The van der Waals surface area contributed by atoms with E-state index < -0.39 is 5.97 Å². The van der Waals surface area contributed by atoms with Gasteiger partial charge < -0.3 is 15.2 Å². The molecule has 0 unspecified atom stereocenters. The molecule has 0 radical (unpaired) electrons. The van der Waals surface area contributed by atoms with Gasteiger partial charge in [-0.3, -0.25) is 9.69 Å². The average Bonchev–Trinajstić information content (AvgIpc) is 2.75. The molecule has 168 valence electrons. The summed E-state index contributed by atoms with van der Waals surface area (Å²) in [6, 6.07) is 6.42. The fourth-order valence-corrected chi connectivity index (χ4v) is 4.43. The number of rotatable bonds is 8. The van der Waals surface area contributed by atoms with Crippen LogP contribution in [0.25, 0.3) is 0 Å². The van der Waals surface area contributed by atoms with Gasteiger partial charge in [-0.15, -0.1) is 12.4 Å². The molecule has 1 aromatic carbocycles. The van der Waals surface area contributed by atoms with E-state index in [0.29, 0.717) is 12.7 Å². The highest BCUT2D eigenvalue weighted by Gasteiger charge is 2.29. The van der Waals surface area contributed by atoms with E-state index in [0.717, 1.165) is 37.9 Å². The highest BCUT2D eigenvalue weighted by atomic mass is 35.5. The number of ether oxygens (including phenoxy) is 1. The van der Waals surface area contributed by atoms with E-state index in [1.165, 1.54) is 32.1 Å². The van der Waals surface area contributed by atoms with Crippen LogP contribution in [0.15, 0.2) is 24.3 Å². The van der Waals surface area contributed by atoms with Crippen LogP contribution in [-0.4, -0.2) is 53.7 Å². The molecule has 0 spiro atoms. The molecule has 2 aliphatic rings. The Bertz CT molecular complexity index is 676. The third-order valence-electron chi connectivity index (χ3n) is 6.22. The van der Waals surface area contributed by atoms with Gasteiger partial charge in [0.25, 0.3) is 0 Å². The largest absolute Gasteiger partial charge is 0.478 e. The molecule has 1 saturated carbocycles. The summed E-state index contributed by atoms with van der Waals surface area (Å²) < 4.78 is 6.07. The number of carbonyl (C=O) groups excluding carboxylic acids is 1. The molecule has 1 aliphatic carbocycles. The first-order chi connectivity index (χ1) is 14.0. The normalized spacial score (nSPS) is 21.4. The lowest BCUT2D eigenvalue weighted by molar-refractivity contribution is -0.128. The van der Waals surface area contributed by atoms with Crippen molar-refractivity contribution in [2.45, 2.75) is 76.5 Å². The molecule has 0 aromatic heterocycles. The van der Waals surface area contributed by atoms with Crippen molar-refractivity contribution in [1.82, 2.24) is 10.2 Å². The van der Waals surface area contributed by atoms with Gasteiger partial charge in [-0.05, 0) is 56.8 Å². The maximum Gasteiger partial charge on any atom is 0.335 e. The molecule has 1 saturated heterocycles. The van der Waals surface area contributed by atoms with Crippen LogP contribution in [0.4, 0.5) is 0 Å². The minimum absolute atomic E-state index is 0. The Kier molecular flexibility index (Phi) is 10.1. The molecule has 6 nitrogen and oxygen atoms in total. The summed E-state index contributed by atoms with van der Waals surface area (Å²) in [6.07, 6.45) is 9.67. The molecule has 1 aliphatic heterocycles. The third kappa shape index (κ3) is 6.96. The molecule has 1 aromatic rings. The number of amides is 1. The molecule has 2 atom stereocenters. The number of carbonyl (C=O) groups is 2. The topological polar surface area (TPSA) is 78.9 Å². The molecule has 0 bridgehead atoms. The average molecular weight is 439 g/mol. The van der Waals surface area contributed by atoms with Gasteiger partial charge in [0.2, 0.25) is 5.91 Å². The minimum atomic E-state index is -0.943. The van der Waals surface area contributed by atoms with Crippen LogP contribution in [0.2, 0.25) is 0 Å². The molecule has 30 heavy (non-hydrogen) atoms. The zero-order valence-corrected chi connectivity index (χ0v) is 18.7. The number of aromatic carboxylic acids is 1. The number of carboxylic acid groups (broad SMARTS) is 1. The van der Waals surface area contributed by atoms with Crippen molar-refractivity contribution < 1.29 is 19.4 Å². The number of nitrogens with one attached hydrogen (secondary N) is 1. The van der Waals surface area contributed by atoms with E-state index in [1.807, 2.05) is 6.92 Å². The number of likely N-dealkylation sites (tertiary alicyclic amines) is 1. The quantitative estimate of drug-likeness (QED) is 0.636. The third-order valence-corrected chi connectivity index (χ3v) is 6.22. The minimum Gasteiger partial charge on any atom is -0.478 e. The maximum absolute atomic E-state index is 12.9. The van der Waals surface area contributed by atoms with Gasteiger partial charge in [0.1, 0.15) is 0 Å². The number of benzene rings is 1. The number of piperidine rings is 1. The summed E-state index contributed by atoms with van der Waals surface area (Å²) in [5, 5.41) is 12.1. The van der Waals surface area contributed by atoms with E-state index in [2.05, 4.69) is 10.2 Å². The Morgan fingerprint density at radius 2 is 1.77 bits per heavy atom. The molecule has 2 N–H and O–H groups in total. The lowest BCUT2D eigenvalue weighted by Gasteiger charge is -2.35. The van der Waals surface area contributed by atoms with E-state index in [9.17, 15) is 9.59 Å². The van der Waals surface area contributed by atoms with Crippen LogP contribution in [0.1, 0.15) is 80.3 Å². The highest BCUT2D eigenvalue weighted by Crippen LogP contribution is 2.22. The molecule has 1 amide bonds. The van der Waals surface area contributed by atoms with Crippen molar-refractivity contribution in [1.29, 1.82) is 0 Å². The summed E-state index contributed by atoms with van der Waals surface area (Å²) in [4.78, 5) is 26.2. The van der Waals surface area contributed by atoms with Crippen LogP contribution in [0.5, 0.6) is 0 Å². The number of hydrogen-bond acceptors (Lipinski definition) is 4. The summed E-state index contributed by atoms with van der Waals surface area (Å²) in [7, 11) is 0. The Morgan fingerprint density at radius 1 is 1.10 bits per heavy atom. The Balaban J connectivity index is 0.00000320. The van der Waals surface area contributed by atoms with E-state index in [-0.39, 0.29) is 36.0 Å². The second-order valence-electron chi connectivity index (χ2n) is 8.34. The number of carboxylic acids is 1. The van der Waals surface area contributed by atoms with Crippen molar-refractivity contribution in [3.05, 3.63) is 35.4 Å². The number of hydrogen-bond donors (Lipinski definition) is 2. The summed E-state index contributed by atoms with van der Waals surface area (Å²) in [5.74, 6) is -0.890. The highest BCUT2D eigenvalue weighted by molar-refractivity contribution is 5.87. The standard InChI is InChI=1S/C23H34N2O4.ClH/c1-17(18-10-12-19(13-11-18)23(27)28)24-22(26)21-9-5-6-14-25(21)15-16-29-20-7-3-2-4-8-20;/h10-13,17,20-21H,2-9,14-16H2,1H3,(H,24,26)(H,27,28);1H/t17-,21+;/m0./s1. The molecular formula is C23H35ClN2O4. The van der Waals surface area contributed by atoms with Gasteiger partial charge in [-0.25, -0.2) is 4.79 Å². The van der Waals surface area contributed by atoms with Crippen LogP contribution >= 0.6 is 12.4 Å². The Hall–Kier alpha value is -1.63. The number of halogens is 1. The summed E-state index contributed by atoms with van der Waals surface area (Å²) >= 11 is 0. The molecule has 3 rings (SSSR count). The van der Waals surface area contributed by atoms with Crippen molar-refractivity contribution >= 4 is 24.3 Å². The second kappa shape index (κ2) is 12.3. The Morgan fingerprint density at radius 3 is 2.43 bits per heavy atom. The molecular weight excluding hydrogens is 404 g/mol. The van der Waals surface area contributed by atoms with Crippen molar-refractivity contribution in [3.63, 3.8) is 0 Å². The molecule has 7 heteroatoms. The van der Waals surface area contributed by atoms with Crippen molar-refractivity contribution in [3.8, 4) is 0 Å². The zero-order valence-electron chi connectivity index (χ0n) is 17.8. The van der Waals surface area contributed by atoms with Crippen molar-refractivity contribution in [2.75, 3.05) is 19.7 Å². The van der Waals surface area contributed by atoms with Gasteiger partial charge in [-0.2, -0.15) is 0 Å². The zero-order chi connectivity index (χ0) is 20.6. The van der Waals surface area contributed by atoms with Crippen LogP contribution in [-0.2, 0) is 9.53 Å². The van der Waals surface area contributed by atoms with E-state index >= 15 is 0 Å². The smallest absolute Gasteiger partial charge is 0.335 e. The van der Waals surface area contributed by atoms with Gasteiger partial charge in [-0.1, -0.05) is 37.8 Å². The predicted octanol–water partition coefficient (Wildman–Crippen LogP) is 4.19. The monoisotopic (exact) mass is 438 g/mol. The lowest BCUT2D eigenvalue weighted by atomic mass is 9.98. The van der Waals surface area contributed by atoms with Crippen LogP contribution < -0.4 is 5.32 Å². The molecule has 1 heterocycles. The van der Waals surface area contributed by atoms with Gasteiger partial charge in [0.15, 0.2) is 0 Å². The van der Waals surface area contributed by atoms with Gasteiger partial charge in [0.05, 0.1) is 30.4 Å². The maximum atomic E-state index is 12.9. The van der Waals surface area contributed by atoms with Crippen molar-refractivity contribution in [2.24, 2.45) is 0 Å². The fraction of sp³-hybridized carbons (Fsp3) is 0.652. The van der Waals surface area contributed by atoms with Crippen LogP contribution in [0.3, 0.4) is 0 Å². The second-order valence-corrected chi connectivity index (χ2v) is 8.34. The predicted molar refractivity (Wildman–Crippen MR) is 119 cm³/mol. The SMILES string of the molecule is C[C@H](NC(=O)[C@H]1CCCCN1CCOC1CCCCC1)c1ccc(C(=O)O)cc1.Cl. The lowest BCUT2D eigenvalue weighted by Crippen LogP contribution is -2.51. The first-order valence-electron chi connectivity index (χ1n) is 11.0. The van der Waals surface area contributed by atoms with E-state index in [1.54, 1.807) is 24.3 Å².